The van der Waals surface area contributed by atoms with Crippen molar-refractivity contribution in [2.75, 3.05) is 13.1 Å². The van der Waals surface area contributed by atoms with E-state index in [1.54, 1.807) is 12.1 Å². The molecular weight excluding hydrogens is 388 g/mol. The van der Waals surface area contributed by atoms with E-state index >= 15 is 0 Å². The quantitative estimate of drug-likeness (QED) is 0.760. The summed E-state index contributed by atoms with van der Waals surface area (Å²) in [5.41, 5.74) is 1.02. The van der Waals surface area contributed by atoms with E-state index in [2.05, 4.69) is 42.5 Å². The lowest BCUT2D eigenvalue weighted by Crippen LogP contribution is -2.26. The number of rotatable bonds is 6. The highest BCUT2D eigenvalue weighted by molar-refractivity contribution is 9.11. The molecule has 110 valence electrons. The molecule has 20 heavy (non-hydrogen) atoms. The minimum atomic E-state index is -0.153. The van der Waals surface area contributed by atoms with E-state index in [1.165, 1.54) is 0 Å². The van der Waals surface area contributed by atoms with Crippen molar-refractivity contribution in [2.45, 2.75) is 26.7 Å². The first-order valence-corrected chi connectivity index (χ1v) is 8.15. The molecule has 0 saturated carbocycles. The van der Waals surface area contributed by atoms with Gasteiger partial charge in [-0.1, -0.05) is 13.8 Å². The fraction of sp³-hybridized carbons (Fsp3) is 0.429. The van der Waals surface area contributed by atoms with Crippen LogP contribution < -0.4 is 10.6 Å². The Bertz CT molecular complexity index is 458. The summed E-state index contributed by atoms with van der Waals surface area (Å²) in [4.78, 5) is 23.9. The molecule has 0 aliphatic rings. The predicted octanol–water partition coefficient (Wildman–Crippen LogP) is 3.49. The molecule has 0 heterocycles. The van der Waals surface area contributed by atoms with E-state index in [1.807, 2.05) is 13.8 Å². The van der Waals surface area contributed by atoms with E-state index in [4.69, 9.17) is 0 Å². The predicted molar refractivity (Wildman–Crippen MR) is 87.1 cm³/mol. The average Bonchev–Trinajstić information content (AvgIpc) is 2.44. The number of amides is 2. The fourth-order valence-electron chi connectivity index (χ4n) is 1.56. The lowest BCUT2D eigenvalue weighted by molar-refractivity contribution is 0.0940. The molecule has 0 unspecified atom stereocenters. The van der Waals surface area contributed by atoms with E-state index in [0.29, 0.717) is 33.2 Å². The van der Waals surface area contributed by atoms with Gasteiger partial charge in [0.1, 0.15) is 0 Å². The number of nitrogens with one attached hydrogen (secondary N) is 2. The standard InChI is InChI=1S/C14H18Br2N2O2/c1-3-5-17-13(19)9-7-12(16)10(8-11(9)15)14(20)18-6-4-2/h7-8H,3-6H2,1-2H3,(H,17,19)(H,18,20). The third-order valence-electron chi connectivity index (χ3n) is 2.62. The van der Waals surface area contributed by atoms with Crippen molar-refractivity contribution >= 4 is 43.7 Å². The van der Waals surface area contributed by atoms with Gasteiger partial charge in [0.15, 0.2) is 0 Å². The number of carbonyl (C=O) groups excluding carboxylic acids is 2. The van der Waals surface area contributed by atoms with Gasteiger partial charge in [-0.2, -0.15) is 0 Å². The summed E-state index contributed by atoms with van der Waals surface area (Å²) in [5, 5.41) is 5.62. The molecule has 0 atom stereocenters. The molecule has 1 rings (SSSR count). The van der Waals surface area contributed by atoms with Crippen molar-refractivity contribution in [3.63, 3.8) is 0 Å². The fourth-order valence-corrected chi connectivity index (χ4v) is 2.61. The number of hydrogen-bond donors (Lipinski definition) is 2. The lowest BCUT2D eigenvalue weighted by Gasteiger charge is -2.10. The first-order valence-electron chi connectivity index (χ1n) is 6.56. The van der Waals surface area contributed by atoms with Gasteiger partial charge in [0.05, 0.1) is 11.1 Å². The highest BCUT2D eigenvalue weighted by Crippen LogP contribution is 2.26. The highest BCUT2D eigenvalue weighted by Gasteiger charge is 2.16. The van der Waals surface area contributed by atoms with Gasteiger partial charge >= 0.3 is 0 Å². The van der Waals surface area contributed by atoms with E-state index in [9.17, 15) is 9.59 Å². The van der Waals surface area contributed by atoms with Crippen LogP contribution in [0.2, 0.25) is 0 Å². The first kappa shape index (κ1) is 17.2. The molecule has 0 bridgehead atoms. The molecule has 0 aliphatic carbocycles. The molecule has 4 nitrogen and oxygen atoms in total. The highest BCUT2D eigenvalue weighted by atomic mass is 79.9. The summed E-state index contributed by atoms with van der Waals surface area (Å²) in [6.45, 7) is 5.24. The molecule has 6 heteroatoms. The second kappa shape index (κ2) is 8.42. The third kappa shape index (κ3) is 4.59. The van der Waals surface area contributed by atoms with Crippen LogP contribution in [-0.4, -0.2) is 24.9 Å². The Kier molecular flexibility index (Phi) is 7.23. The third-order valence-corrected chi connectivity index (χ3v) is 3.93. The summed E-state index contributed by atoms with van der Waals surface area (Å²) in [6, 6.07) is 3.33. The maximum absolute atomic E-state index is 12.0. The monoisotopic (exact) mass is 404 g/mol. The van der Waals surface area contributed by atoms with E-state index < -0.39 is 0 Å². The van der Waals surface area contributed by atoms with Crippen molar-refractivity contribution in [3.8, 4) is 0 Å². The van der Waals surface area contributed by atoms with Crippen LogP contribution >= 0.6 is 31.9 Å². The van der Waals surface area contributed by atoms with Crippen LogP contribution in [0.25, 0.3) is 0 Å². The Morgan fingerprint density at radius 3 is 1.55 bits per heavy atom. The van der Waals surface area contributed by atoms with Gasteiger partial charge in [0.2, 0.25) is 0 Å². The molecule has 0 radical (unpaired) electrons. The van der Waals surface area contributed by atoms with Crippen molar-refractivity contribution in [3.05, 3.63) is 32.2 Å². The van der Waals surface area contributed by atoms with Crippen molar-refractivity contribution < 1.29 is 9.59 Å². The Morgan fingerprint density at radius 2 is 1.25 bits per heavy atom. The number of hydrogen-bond acceptors (Lipinski definition) is 2. The zero-order valence-corrected chi connectivity index (χ0v) is 14.7. The number of benzene rings is 1. The van der Waals surface area contributed by atoms with Gasteiger partial charge in [0, 0.05) is 22.0 Å². The van der Waals surface area contributed by atoms with Crippen molar-refractivity contribution in [1.82, 2.24) is 10.6 Å². The Balaban J connectivity index is 2.96. The van der Waals surface area contributed by atoms with Crippen LogP contribution in [0.1, 0.15) is 47.4 Å². The molecule has 1 aromatic rings. The maximum atomic E-state index is 12.0. The number of carbonyl (C=O) groups is 2. The van der Waals surface area contributed by atoms with Crippen LogP contribution in [0, 0.1) is 0 Å². The Morgan fingerprint density at radius 1 is 0.900 bits per heavy atom. The Labute approximate surface area is 136 Å². The molecule has 0 aromatic heterocycles. The van der Waals surface area contributed by atoms with E-state index in [-0.39, 0.29) is 11.8 Å². The minimum absolute atomic E-state index is 0.153. The summed E-state index contributed by atoms with van der Waals surface area (Å²) < 4.78 is 1.21. The first-order chi connectivity index (χ1) is 9.51. The SMILES string of the molecule is CCCNC(=O)c1cc(Br)c(C(=O)NCCC)cc1Br. The smallest absolute Gasteiger partial charge is 0.252 e. The summed E-state index contributed by atoms with van der Waals surface area (Å²) >= 11 is 6.70. The zero-order valence-electron chi connectivity index (χ0n) is 11.6. The van der Waals surface area contributed by atoms with Crippen LogP contribution in [0.15, 0.2) is 21.1 Å². The van der Waals surface area contributed by atoms with Crippen LogP contribution in [0.4, 0.5) is 0 Å². The average molecular weight is 406 g/mol. The molecule has 2 amide bonds. The second-order valence-electron chi connectivity index (χ2n) is 4.32. The molecule has 0 spiro atoms. The van der Waals surface area contributed by atoms with E-state index in [0.717, 1.165) is 12.8 Å². The normalized spacial score (nSPS) is 10.2. The minimum Gasteiger partial charge on any atom is -0.352 e. The van der Waals surface area contributed by atoms with Gasteiger partial charge in [-0.3, -0.25) is 9.59 Å². The van der Waals surface area contributed by atoms with Crippen molar-refractivity contribution in [1.29, 1.82) is 0 Å². The van der Waals surface area contributed by atoms with Gasteiger partial charge in [-0.15, -0.1) is 0 Å². The number of halogens is 2. The van der Waals surface area contributed by atoms with Crippen LogP contribution in [0.5, 0.6) is 0 Å². The molecule has 1 aromatic carbocycles. The largest absolute Gasteiger partial charge is 0.352 e. The Hall–Kier alpha value is -0.880. The zero-order chi connectivity index (χ0) is 15.1. The molecular formula is C14H18Br2N2O2. The molecule has 0 aliphatic heterocycles. The van der Waals surface area contributed by atoms with Gasteiger partial charge < -0.3 is 10.6 Å². The second-order valence-corrected chi connectivity index (χ2v) is 6.03. The van der Waals surface area contributed by atoms with Gasteiger partial charge in [-0.25, -0.2) is 0 Å². The molecule has 0 fully saturated rings. The van der Waals surface area contributed by atoms with Crippen LogP contribution in [-0.2, 0) is 0 Å². The van der Waals surface area contributed by atoms with Gasteiger partial charge in [-0.05, 0) is 56.8 Å². The van der Waals surface area contributed by atoms with Crippen molar-refractivity contribution in [2.24, 2.45) is 0 Å². The lowest BCUT2D eigenvalue weighted by atomic mass is 10.1. The van der Waals surface area contributed by atoms with Gasteiger partial charge in [0.25, 0.3) is 11.8 Å². The maximum Gasteiger partial charge on any atom is 0.252 e. The molecule has 0 saturated heterocycles. The summed E-state index contributed by atoms with van der Waals surface area (Å²) in [7, 11) is 0. The molecule has 2 N–H and O–H groups in total. The topological polar surface area (TPSA) is 58.2 Å². The summed E-state index contributed by atoms with van der Waals surface area (Å²) in [6.07, 6.45) is 1.75. The summed E-state index contributed by atoms with van der Waals surface area (Å²) in [5.74, 6) is -0.306. The van der Waals surface area contributed by atoms with Crippen LogP contribution in [0.3, 0.4) is 0 Å².